The van der Waals surface area contributed by atoms with Gasteiger partial charge in [0.25, 0.3) is 0 Å². The van der Waals surface area contributed by atoms with Crippen LogP contribution in [0.1, 0.15) is 20.8 Å². The van der Waals surface area contributed by atoms with Crippen molar-refractivity contribution in [3.05, 3.63) is 0 Å². The topological polar surface area (TPSA) is 66.8 Å². The molecule has 0 spiro atoms. The van der Waals surface area contributed by atoms with Crippen molar-refractivity contribution in [1.82, 2.24) is 0 Å². The van der Waals surface area contributed by atoms with E-state index in [1.165, 1.54) is 0 Å². The Hall–Kier alpha value is -0.450. The molecule has 3 unspecified atom stereocenters. The SMILES string of the molecule is CC1O[C@@H](C(C)C)C(=O)C(O)C1O. The number of carbonyl (C=O) groups is 1. The second kappa shape index (κ2) is 3.74. The summed E-state index contributed by atoms with van der Waals surface area (Å²) in [5.74, 6) is -0.391. The summed E-state index contributed by atoms with van der Waals surface area (Å²) in [5, 5.41) is 18.7. The zero-order valence-electron chi connectivity index (χ0n) is 8.10. The summed E-state index contributed by atoms with van der Waals surface area (Å²) in [6.45, 7) is 5.34. The molecule has 76 valence electrons. The van der Waals surface area contributed by atoms with Gasteiger partial charge >= 0.3 is 0 Å². The highest BCUT2D eigenvalue weighted by molar-refractivity contribution is 5.88. The Morgan fingerprint density at radius 2 is 1.92 bits per heavy atom. The van der Waals surface area contributed by atoms with Gasteiger partial charge in [-0.1, -0.05) is 13.8 Å². The Morgan fingerprint density at radius 1 is 1.38 bits per heavy atom. The van der Waals surface area contributed by atoms with E-state index in [-0.39, 0.29) is 5.92 Å². The average Bonchev–Trinajstić information content (AvgIpc) is 2.07. The maximum atomic E-state index is 11.4. The van der Waals surface area contributed by atoms with Crippen LogP contribution in [0.4, 0.5) is 0 Å². The zero-order chi connectivity index (χ0) is 10.2. The molecule has 4 atom stereocenters. The van der Waals surface area contributed by atoms with E-state index in [1.807, 2.05) is 13.8 Å². The maximum Gasteiger partial charge on any atom is 0.192 e. The van der Waals surface area contributed by atoms with E-state index >= 15 is 0 Å². The fourth-order valence-corrected chi connectivity index (χ4v) is 1.46. The molecule has 0 aromatic rings. The van der Waals surface area contributed by atoms with Gasteiger partial charge in [0.15, 0.2) is 5.78 Å². The molecule has 4 heteroatoms. The minimum absolute atomic E-state index is 0.0251. The van der Waals surface area contributed by atoms with Crippen LogP contribution < -0.4 is 0 Å². The third-order valence-corrected chi connectivity index (χ3v) is 2.34. The molecule has 0 radical (unpaired) electrons. The van der Waals surface area contributed by atoms with Gasteiger partial charge in [-0.3, -0.25) is 4.79 Å². The van der Waals surface area contributed by atoms with E-state index in [0.29, 0.717) is 0 Å². The van der Waals surface area contributed by atoms with Crippen LogP contribution >= 0.6 is 0 Å². The molecule has 0 aromatic heterocycles. The van der Waals surface area contributed by atoms with Crippen LogP contribution in [0.5, 0.6) is 0 Å². The predicted octanol–water partition coefficient (Wildman–Crippen LogP) is -0.279. The van der Waals surface area contributed by atoms with E-state index < -0.39 is 30.2 Å². The van der Waals surface area contributed by atoms with Gasteiger partial charge in [-0.25, -0.2) is 0 Å². The van der Waals surface area contributed by atoms with Crippen LogP contribution in [0.3, 0.4) is 0 Å². The van der Waals surface area contributed by atoms with Gasteiger partial charge in [0.1, 0.15) is 18.3 Å². The molecule has 2 N–H and O–H groups in total. The molecule has 13 heavy (non-hydrogen) atoms. The first-order chi connectivity index (χ1) is 5.95. The van der Waals surface area contributed by atoms with Crippen molar-refractivity contribution in [1.29, 1.82) is 0 Å². The summed E-state index contributed by atoms with van der Waals surface area (Å²) in [7, 11) is 0. The van der Waals surface area contributed by atoms with Crippen molar-refractivity contribution in [3.63, 3.8) is 0 Å². The van der Waals surface area contributed by atoms with Crippen LogP contribution in [-0.4, -0.2) is 40.4 Å². The molecule has 1 saturated heterocycles. The second-order valence-electron chi connectivity index (χ2n) is 3.84. The van der Waals surface area contributed by atoms with Crippen molar-refractivity contribution in [3.8, 4) is 0 Å². The lowest BCUT2D eigenvalue weighted by atomic mass is 9.91. The highest BCUT2D eigenvalue weighted by Gasteiger charge is 2.42. The van der Waals surface area contributed by atoms with Crippen molar-refractivity contribution >= 4 is 5.78 Å². The summed E-state index contributed by atoms with van der Waals surface area (Å²) in [6, 6.07) is 0. The number of ketones is 1. The maximum absolute atomic E-state index is 11.4. The fourth-order valence-electron chi connectivity index (χ4n) is 1.46. The normalized spacial score (nSPS) is 41.2. The number of hydrogen-bond acceptors (Lipinski definition) is 4. The van der Waals surface area contributed by atoms with Crippen molar-refractivity contribution in [2.45, 2.75) is 45.2 Å². The number of rotatable bonds is 1. The van der Waals surface area contributed by atoms with Crippen molar-refractivity contribution in [2.75, 3.05) is 0 Å². The first-order valence-electron chi connectivity index (χ1n) is 4.50. The van der Waals surface area contributed by atoms with Crippen LogP contribution in [0, 0.1) is 5.92 Å². The van der Waals surface area contributed by atoms with Crippen LogP contribution in [0.2, 0.25) is 0 Å². The lowest BCUT2D eigenvalue weighted by molar-refractivity contribution is -0.184. The van der Waals surface area contributed by atoms with Gasteiger partial charge in [0.05, 0.1) is 6.10 Å². The van der Waals surface area contributed by atoms with Gasteiger partial charge in [0, 0.05) is 0 Å². The summed E-state index contributed by atoms with van der Waals surface area (Å²) in [4.78, 5) is 11.4. The molecule has 4 nitrogen and oxygen atoms in total. The standard InChI is InChI=1S/C9H16O4/c1-4(2)9-8(12)7(11)6(10)5(3)13-9/h4-7,9-11H,1-3H3/t5?,6?,7?,9-/m0/s1. The molecule has 1 rings (SSSR count). The highest BCUT2D eigenvalue weighted by Crippen LogP contribution is 2.21. The molecule has 1 heterocycles. The first-order valence-corrected chi connectivity index (χ1v) is 4.50. The van der Waals surface area contributed by atoms with Crippen molar-refractivity contribution < 1.29 is 19.7 Å². The van der Waals surface area contributed by atoms with Crippen LogP contribution in [-0.2, 0) is 9.53 Å². The Bertz CT molecular complexity index is 202. The number of aliphatic hydroxyl groups excluding tert-OH is 2. The molecular formula is C9H16O4. The molecule has 0 aliphatic carbocycles. The van der Waals surface area contributed by atoms with Crippen LogP contribution in [0.25, 0.3) is 0 Å². The molecule has 1 aliphatic heterocycles. The molecule has 1 fully saturated rings. The Balaban J connectivity index is 2.76. The van der Waals surface area contributed by atoms with E-state index in [0.717, 1.165) is 0 Å². The molecule has 0 amide bonds. The van der Waals surface area contributed by atoms with Crippen LogP contribution in [0.15, 0.2) is 0 Å². The number of Topliss-reactive ketones (excluding diaryl/α,β-unsaturated/α-hetero) is 1. The minimum Gasteiger partial charge on any atom is -0.387 e. The lowest BCUT2D eigenvalue weighted by Crippen LogP contribution is -2.55. The first kappa shape index (κ1) is 10.6. The van der Waals surface area contributed by atoms with Gasteiger partial charge in [-0.05, 0) is 12.8 Å². The van der Waals surface area contributed by atoms with Gasteiger partial charge in [0.2, 0.25) is 0 Å². The van der Waals surface area contributed by atoms with E-state index in [2.05, 4.69) is 0 Å². The van der Waals surface area contributed by atoms with Gasteiger partial charge in [-0.15, -0.1) is 0 Å². The fraction of sp³-hybridized carbons (Fsp3) is 0.889. The number of hydrogen-bond donors (Lipinski definition) is 2. The number of carbonyl (C=O) groups excluding carboxylic acids is 1. The number of aliphatic hydroxyl groups is 2. The lowest BCUT2D eigenvalue weighted by Gasteiger charge is -2.35. The predicted molar refractivity (Wildman–Crippen MR) is 46.2 cm³/mol. The minimum atomic E-state index is -1.30. The van der Waals surface area contributed by atoms with Gasteiger partial charge in [-0.2, -0.15) is 0 Å². The van der Waals surface area contributed by atoms with Gasteiger partial charge < -0.3 is 14.9 Å². The summed E-state index contributed by atoms with van der Waals surface area (Å²) in [5.41, 5.74) is 0. The zero-order valence-corrected chi connectivity index (χ0v) is 8.10. The second-order valence-corrected chi connectivity index (χ2v) is 3.84. The average molecular weight is 188 g/mol. The molecule has 0 saturated carbocycles. The Morgan fingerprint density at radius 3 is 2.38 bits per heavy atom. The molecular weight excluding hydrogens is 172 g/mol. The Kier molecular flexibility index (Phi) is 3.05. The van der Waals surface area contributed by atoms with E-state index in [9.17, 15) is 15.0 Å². The summed E-state index contributed by atoms with van der Waals surface area (Å²) < 4.78 is 5.28. The smallest absolute Gasteiger partial charge is 0.192 e. The monoisotopic (exact) mass is 188 g/mol. The third kappa shape index (κ3) is 1.90. The quantitative estimate of drug-likeness (QED) is 0.594. The molecule has 0 aromatic carbocycles. The summed E-state index contributed by atoms with van der Waals surface area (Å²) in [6.07, 6.45) is -3.47. The third-order valence-electron chi connectivity index (χ3n) is 2.34. The molecule has 0 bridgehead atoms. The Labute approximate surface area is 77.5 Å². The largest absolute Gasteiger partial charge is 0.387 e. The molecule has 1 aliphatic rings. The van der Waals surface area contributed by atoms with Crippen molar-refractivity contribution in [2.24, 2.45) is 5.92 Å². The highest BCUT2D eigenvalue weighted by atomic mass is 16.5. The summed E-state index contributed by atoms with van der Waals surface area (Å²) >= 11 is 0. The van der Waals surface area contributed by atoms with E-state index in [1.54, 1.807) is 6.92 Å². The van der Waals surface area contributed by atoms with E-state index in [4.69, 9.17) is 4.74 Å². The number of ether oxygens (including phenoxy) is 1.